The van der Waals surface area contributed by atoms with Crippen LogP contribution in [0.4, 0.5) is 11.9 Å². The van der Waals surface area contributed by atoms with E-state index >= 15 is 0 Å². The highest BCUT2D eigenvalue weighted by Gasteiger charge is 2.23. The first kappa shape index (κ1) is 14.8. The van der Waals surface area contributed by atoms with Crippen LogP contribution >= 0.6 is 0 Å². The second-order valence-corrected chi connectivity index (χ2v) is 5.49. The zero-order chi connectivity index (χ0) is 14.5. The van der Waals surface area contributed by atoms with Crippen LogP contribution in [-0.2, 0) is 0 Å². The molecule has 20 heavy (non-hydrogen) atoms. The minimum absolute atomic E-state index is 0.0523. The SMILES string of the molecule is CCNc1nc(OC(C)C)nc(N(C)C2CCCC2)n1. The van der Waals surface area contributed by atoms with Crippen LogP contribution in [0.2, 0.25) is 0 Å². The maximum absolute atomic E-state index is 5.63. The molecule has 0 aromatic carbocycles. The predicted molar refractivity (Wildman–Crippen MR) is 80.4 cm³/mol. The molecule has 0 atom stereocenters. The summed E-state index contributed by atoms with van der Waals surface area (Å²) in [6.45, 7) is 6.74. The summed E-state index contributed by atoms with van der Waals surface area (Å²) in [7, 11) is 2.06. The van der Waals surface area contributed by atoms with Crippen molar-refractivity contribution in [1.82, 2.24) is 15.0 Å². The molecule has 0 bridgehead atoms. The zero-order valence-corrected chi connectivity index (χ0v) is 12.9. The fourth-order valence-electron chi connectivity index (χ4n) is 2.46. The van der Waals surface area contributed by atoms with Gasteiger partial charge in [0.15, 0.2) is 0 Å². The Kier molecular flexibility index (Phi) is 4.98. The van der Waals surface area contributed by atoms with E-state index in [4.69, 9.17) is 4.74 Å². The van der Waals surface area contributed by atoms with Crippen LogP contribution in [0.5, 0.6) is 6.01 Å². The van der Waals surface area contributed by atoms with Gasteiger partial charge in [-0.3, -0.25) is 0 Å². The van der Waals surface area contributed by atoms with Gasteiger partial charge in [-0.15, -0.1) is 0 Å². The van der Waals surface area contributed by atoms with E-state index in [1.807, 2.05) is 20.8 Å². The van der Waals surface area contributed by atoms with Crippen LogP contribution in [-0.4, -0.2) is 40.7 Å². The van der Waals surface area contributed by atoms with Crippen molar-refractivity contribution in [3.63, 3.8) is 0 Å². The molecule has 1 heterocycles. The van der Waals surface area contributed by atoms with E-state index in [1.54, 1.807) is 0 Å². The minimum Gasteiger partial charge on any atom is -0.461 e. The molecule has 1 N–H and O–H groups in total. The van der Waals surface area contributed by atoms with Crippen molar-refractivity contribution < 1.29 is 4.74 Å². The molecule has 0 spiro atoms. The van der Waals surface area contributed by atoms with E-state index < -0.39 is 0 Å². The normalized spacial score (nSPS) is 15.7. The molecule has 1 saturated carbocycles. The molecular formula is C14H25N5O. The van der Waals surface area contributed by atoms with Crippen molar-refractivity contribution in [2.45, 2.75) is 58.6 Å². The predicted octanol–water partition coefficient (Wildman–Crippen LogP) is 2.47. The topological polar surface area (TPSA) is 63.2 Å². The molecule has 0 aliphatic heterocycles. The number of anilines is 2. The van der Waals surface area contributed by atoms with Crippen molar-refractivity contribution in [3.8, 4) is 6.01 Å². The first-order valence-electron chi connectivity index (χ1n) is 7.49. The Hall–Kier alpha value is -1.59. The Labute approximate surface area is 121 Å². The van der Waals surface area contributed by atoms with Gasteiger partial charge in [0, 0.05) is 19.6 Å². The van der Waals surface area contributed by atoms with E-state index in [0.29, 0.717) is 23.9 Å². The van der Waals surface area contributed by atoms with Crippen LogP contribution < -0.4 is 15.0 Å². The Bertz CT molecular complexity index is 432. The first-order valence-corrected chi connectivity index (χ1v) is 7.49. The second-order valence-electron chi connectivity index (χ2n) is 5.49. The van der Waals surface area contributed by atoms with Gasteiger partial charge in [-0.25, -0.2) is 0 Å². The third-order valence-electron chi connectivity index (χ3n) is 3.47. The molecule has 2 rings (SSSR count). The molecular weight excluding hydrogens is 254 g/mol. The van der Waals surface area contributed by atoms with Gasteiger partial charge in [0.1, 0.15) is 0 Å². The highest BCUT2D eigenvalue weighted by molar-refractivity contribution is 5.38. The van der Waals surface area contributed by atoms with Gasteiger partial charge < -0.3 is 15.0 Å². The Balaban J connectivity index is 2.22. The molecule has 1 aliphatic carbocycles. The minimum atomic E-state index is 0.0523. The van der Waals surface area contributed by atoms with Crippen molar-refractivity contribution in [2.75, 3.05) is 23.8 Å². The summed E-state index contributed by atoms with van der Waals surface area (Å²) in [5, 5.41) is 3.14. The molecule has 1 fully saturated rings. The Morgan fingerprint density at radius 2 is 1.95 bits per heavy atom. The van der Waals surface area contributed by atoms with Gasteiger partial charge in [0.05, 0.1) is 6.10 Å². The number of nitrogens with zero attached hydrogens (tertiary/aromatic N) is 4. The fraction of sp³-hybridized carbons (Fsp3) is 0.786. The molecule has 112 valence electrons. The summed E-state index contributed by atoms with van der Waals surface area (Å²) in [5.74, 6) is 1.27. The summed E-state index contributed by atoms with van der Waals surface area (Å²) in [6.07, 6.45) is 5.04. The maximum atomic E-state index is 5.63. The lowest BCUT2D eigenvalue weighted by Gasteiger charge is -2.24. The van der Waals surface area contributed by atoms with E-state index in [0.717, 1.165) is 6.54 Å². The largest absolute Gasteiger partial charge is 0.461 e. The molecule has 0 amide bonds. The molecule has 0 radical (unpaired) electrons. The molecule has 0 saturated heterocycles. The van der Waals surface area contributed by atoms with E-state index in [9.17, 15) is 0 Å². The zero-order valence-electron chi connectivity index (χ0n) is 12.9. The van der Waals surface area contributed by atoms with Crippen molar-refractivity contribution >= 4 is 11.9 Å². The van der Waals surface area contributed by atoms with Gasteiger partial charge in [0.25, 0.3) is 0 Å². The lowest BCUT2D eigenvalue weighted by atomic mass is 10.2. The van der Waals surface area contributed by atoms with Crippen LogP contribution in [0.25, 0.3) is 0 Å². The smallest absolute Gasteiger partial charge is 0.323 e. The quantitative estimate of drug-likeness (QED) is 0.863. The fourth-order valence-corrected chi connectivity index (χ4v) is 2.46. The summed E-state index contributed by atoms with van der Waals surface area (Å²) in [6, 6.07) is 0.921. The number of nitrogens with one attached hydrogen (secondary N) is 1. The number of aromatic nitrogens is 3. The lowest BCUT2D eigenvalue weighted by molar-refractivity contribution is 0.222. The molecule has 1 aromatic heterocycles. The number of ether oxygens (including phenoxy) is 1. The summed E-state index contributed by atoms with van der Waals surface area (Å²) < 4.78 is 5.63. The van der Waals surface area contributed by atoms with Crippen molar-refractivity contribution in [1.29, 1.82) is 0 Å². The monoisotopic (exact) mass is 279 g/mol. The third-order valence-corrected chi connectivity index (χ3v) is 3.47. The highest BCUT2D eigenvalue weighted by Crippen LogP contribution is 2.26. The Morgan fingerprint density at radius 3 is 2.55 bits per heavy atom. The Morgan fingerprint density at radius 1 is 1.25 bits per heavy atom. The summed E-state index contributed by atoms with van der Waals surface area (Å²) in [5.41, 5.74) is 0. The van der Waals surface area contributed by atoms with Gasteiger partial charge in [-0.2, -0.15) is 15.0 Å². The van der Waals surface area contributed by atoms with Gasteiger partial charge in [0.2, 0.25) is 11.9 Å². The van der Waals surface area contributed by atoms with Crippen LogP contribution in [0.3, 0.4) is 0 Å². The average molecular weight is 279 g/mol. The second kappa shape index (κ2) is 6.72. The van der Waals surface area contributed by atoms with Gasteiger partial charge in [-0.05, 0) is 33.6 Å². The van der Waals surface area contributed by atoms with E-state index in [1.165, 1.54) is 25.7 Å². The third kappa shape index (κ3) is 3.71. The van der Waals surface area contributed by atoms with E-state index in [2.05, 4.69) is 32.2 Å². The summed E-state index contributed by atoms with van der Waals surface area (Å²) >= 11 is 0. The first-order chi connectivity index (χ1) is 9.60. The molecule has 6 heteroatoms. The van der Waals surface area contributed by atoms with Gasteiger partial charge >= 0.3 is 6.01 Å². The number of hydrogen-bond donors (Lipinski definition) is 1. The molecule has 0 unspecified atom stereocenters. The molecule has 1 aromatic rings. The van der Waals surface area contributed by atoms with Crippen LogP contribution in [0, 0.1) is 0 Å². The van der Waals surface area contributed by atoms with Crippen molar-refractivity contribution in [2.24, 2.45) is 0 Å². The standard InChI is InChI=1S/C14H25N5O/c1-5-15-12-16-13(18-14(17-12)20-10(2)3)19(4)11-8-6-7-9-11/h10-11H,5-9H2,1-4H3,(H,15,16,17,18). The lowest BCUT2D eigenvalue weighted by Crippen LogP contribution is -2.31. The van der Waals surface area contributed by atoms with Crippen LogP contribution in [0.1, 0.15) is 46.5 Å². The molecule has 1 aliphatic rings. The van der Waals surface area contributed by atoms with Gasteiger partial charge in [-0.1, -0.05) is 12.8 Å². The molecule has 6 nitrogen and oxygen atoms in total. The highest BCUT2D eigenvalue weighted by atomic mass is 16.5. The van der Waals surface area contributed by atoms with Crippen LogP contribution in [0.15, 0.2) is 0 Å². The van der Waals surface area contributed by atoms with Crippen molar-refractivity contribution in [3.05, 3.63) is 0 Å². The summed E-state index contributed by atoms with van der Waals surface area (Å²) in [4.78, 5) is 15.4. The number of rotatable bonds is 6. The maximum Gasteiger partial charge on any atom is 0.323 e. The number of hydrogen-bond acceptors (Lipinski definition) is 6. The van der Waals surface area contributed by atoms with E-state index in [-0.39, 0.29) is 6.10 Å². The average Bonchev–Trinajstić information content (AvgIpc) is 2.91.